The maximum atomic E-state index is 4.91. The van der Waals surface area contributed by atoms with Gasteiger partial charge in [-0.25, -0.2) is 4.98 Å². The van der Waals surface area contributed by atoms with Gasteiger partial charge in [-0.2, -0.15) is 4.98 Å². The summed E-state index contributed by atoms with van der Waals surface area (Å²) in [5.74, 6) is 1.26. The molecule has 0 aliphatic rings. The van der Waals surface area contributed by atoms with E-state index in [0.717, 1.165) is 17.6 Å². The normalized spacial score (nSPS) is 11.2. The molecule has 92 valence electrons. The minimum Gasteiger partial charge on any atom is -0.346 e. The maximum Gasteiger partial charge on any atom is 0.223 e. The molecule has 0 aromatic carbocycles. The Labute approximate surface area is 103 Å². The summed E-state index contributed by atoms with van der Waals surface area (Å²) in [5.41, 5.74) is 2.09. The van der Waals surface area contributed by atoms with E-state index in [4.69, 9.17) is 4.52 Å². The highest BCUT2D eigenvalue weighted by molar-refractivity contribution is 5.79. The molecule has 3 heterocycles. The van der Waals surface area contributed by atoms with Crippen LogP contribution in [0.1, 0.15) is 17.3 Å². The van der Waals surface area contributed by atoms with Crippen molar-refractivity contribution in [1.29, 1.82) is 0 Å². The van der Waals surface area contributed by atoms with Gasteiger partial charge < -0.3 is 14.8 Å². The minimum absolute atomic E-state index is 0.586. The van der Waals surface area contributed by atoms with Gasteiger partial charge in [-0.05, 0) is 17.7 Å². The summed E-state index contributed by atoms with van der Waals surface area (Å²) in [6, 6.07) is 3.98. The van der Waals surface area contributed by atoms with Crippen LogP contribution in [0.2, 0.25) is 0 Å². The van der Waals surface area contributed by atoms with Gasteiger partial charge in [0.15, 0.2) is 5.82 Å². The smallest absolute Gasteiger partial charge is 0.223 e. The van der Waals surface area contributed by atoms with Crippen molar-refractivity contribution in [2.24, 2.45) is 0 Å². The van der Waals surface area contributed by atoms with Crippen LogP contribution in [0, 0.1) is 6.92 Å². The Morgan fingerprint density at radius 3 is 3.17 bits per heavy atom. The zero-order chi connectivity index (χ0) is 12.4. The van der Waals surface area contributed by atoms with Gasteiger partial charge in [-0.1, -0.05) is 5.16 Å². The van der Waals surface area contributed by atoms with Crippen LogP contribution in [0.25, 0.3) is 11.0 Å². The number of rotatable bonds is 4. The third-order valence-electron chi connectivity index (χ3n) is 2.70. The van der Waals surface area contributed by atoms with Crippen LogP contribution in [0.5, 0.6) is 0 Å². The SMILES string of the molecule is Cc1nc(CNCc2c[nH]c3ncccc23)no1. The highest BCUT2D eigenvalue weighted by Gasteiger charge is 2.05. The molecule has 6 nitrogen and oxygen atoms in total. The molecule has 0 spiro atoms. The summed E-state index contributed by atoms with van der Waals surface area (Å²) in [4.78, 5) is 11.5. The first-order valence-corrected chi connectivity index (χ1v) is 5.74. The number of pyridine rings is 1. The van der Waals surface area contributed by atoms with E-state index in [2.05, 4.69) is 25.4 Å². The number of hydrogen-bond acceptors (Lipinski definition) is 5. The number of fused-ring (bicyclic) bond motifs is 1. The first-order valence-electron chi connectivity index (χ1n) is 5.74. The number of aromatic amines is 1. The lowest BCUT2D eigenvalue weighted by Gasteiger charge is -2.00. The molecular weight excluding hydrogens is 230 g/mol. The molecule has 3 aromatic rings. The first kappa shape index (κ1) is 10.9. The van der Waals surface area contributed by atoms with Crippen molar-refractivity contribution < 1.29 is 4.52 Å². The minimum atomic E-state index is 0.586. The number of nitrogens with zero attached hydrogens (tertiary/aromatic N) is 3. The second kappa shape index (κ2) is 4.58. The summed E-state index contributed by atoms with van der Waals surface area (Å²) >= 11 is 0. The molecule has 0 aliphatic carbocycles. The van der Waals surface area contributed by atoms with Crippen LogP contribution in [-0.2, 0) is 13.1 Å². The van der Waals surface area contributed by atoms with Crippen LogP contribution >= 0.6 is 0 Å². The topological polar surface area (TPSA) is 79.6 Å². The lowest BCUT2D eigenvalue weighted by molar-refractivity contribution is 0.385. The van der Waals surface area contributed by atoms with Gasteiger partial charge in [0.2, 0.25) is 5.89 Å². The van der Waals surface area contributed by atoms with E-state index in [1.807, 2.05) is 18.3 Å². The van der Waals surface area contributed by atoms with Crippen LogP contribution in [0.15, 0.2) is 29.0 Å². The van der Waals surface area contributed by atoms with Crippen LogP contribution in [0.3, 0.4) is 0 Å². The Hall–Kier alpha value is -2.21. The quantitative estimate of drug-likeness (QED) is 0.726. The van der Waals surface area contributed by atoms with E-state index in [1.54, 1.807) is 13.1 Å². The molecule has 3 aromatic heterocycles. The molecule has 0 unspecified atom stereocenters. The standard InChI is InChI=1S/C12H13N5O/c1-8-16-11(17-18-8)7-13-5-9-6-15-12-10(9)3-2-4-14-12/h2-4,6,13H,5,7H2,1H3,(H,14,15). The van der Waals surface area contributed by atoms with Crippen molar-refractivity contribution in [2.45, 2.75) is 20.0 Å². The van der Waals surface area contributed by atoms with Crippen LogP contribution in [-0.4, -0.2) is 20.1 Å². The molecule has 0 amide bonds. The monoisotopic (exact) mass is 243 g/mol. The molecule has 2 N–H and O–H groups in total. The Morgan fingerprint density at radius 1 is 1.39 bits per heavy atom. The van der Waals surface area contributed by atoms with Gasteiger partial charge in [0, 0.05) is 31.2 Å². The van der Waals surface area contributed by atoms with Crippen LogP contribution < -0.4 is 5.32 Å². The van der Waals surface area contributed by atoms with E-state index in [0.29, 0.717) is 18.3 Å². The molecule has 0 fully saturated rings. The number of aromatic nitrogens is 4. The van der Waals surface area contributed by atoms with Crippen molar-refractivity contribution in [3.63, 3.8) is 0 Å². The van der Waals surface area contributed by atoms with Gasteiger partial charge in [0.05, 0.1) is 6.54 Å². The highest BCUT2D eigenvalue weighted by Crippen LogP contribution is 2.15. The van der Waals surface area contributed by atoms with Crippen molar-refractivity contribution in [3.8, 4) is 0 Å². The van der Waals surface area contributed by atoms with Gasteiger partial charge >= 0.3 is 0 Å². The third-order valence-corrected chi connectivity index (χ3v) is 2.70. The third kappa shape index (κ3) is 2.10. The molecule has 18 heavy (non-hydrogen) atoms. The largest absolute Gasteiger partial charge is 0.346 e. The van der Waals surface area contributed by atoms with Crippen molar-refractivity contribution in [1.82, 2.24) is 25.4 Å². The van der Waals surface area contributed by atoms with Crippen molar-refractivity contribution in [2.75, 3.05) is 0 Å². The fourth-order valence-electron chi connectivity index (χ4n) is 1.88. The molecule has 0 saturated heterocycles. The fourth-order valence-corrected chi connectivity index (χ4v) is 1.88. The molecule has 6 heteroatoms. The van der Waals surface area contributed by atoms with Gasteiger partial charge in [0.1, 0.15) is 5.65 Å². The number of hydrogen-bond donors (Lipinski definition) is 2. The molecule has 0 atom stereocenters. The van der Waals surface area contributed by atoms with Gasteiger partial charge in [0.25, 0.3) is 0 Å². The second-order valence-electron chi connectivity index (χ2n) is 4.05. The predicted molar refractivity (Wildman–Crippen MR) is 65.7 cm³/mol. The summed E-state index contributed by atoms with van der Waals surface area (Å²) in [6.07, 6.45) is 3.74. The number of aryl methyl sites for hydroxylation is 1. The van der Waals surface area contributed by atoms with E-state index in [1.165, 1.54) is 5.56 Å². The average Bonchev–Trinajstić information content (AvgIpc) is 2.97. The first-order chi connectivity index (χ1) is 8.83. The Bertz CT molecular complexity index is 657. The van der Waals surface area contributed by atoms with Gasteiger partial charge in [-0.15, -0.1) is 0 Å². The molecular formula is C12H13N5O. The van der Waals surface area contributed by atoms with E-state index >= 15 is 0 Å². The number of H-pyrrole nitrogens is 1. The molecule has 0 radical (unpaired) electrons. The van der Waals surface area contributed by atoms with E-state index in [-0.39, 0.29) is 0 Å². The molecule has 0 aliphatic heterocycles. The fraction of sp³-hybridized carbons (Fsp3) is 0.250. The highest BCUT2D eigenvalue weighted by atomic mass is 16.5. The average molecular weight is 243 g/mol. The Balaban J connectivity index is 1.66. The van der Waals surface area contributed by atoms with Crippen LogP contribution in [0.4, 0.5) is 0 Å². The lowest BCUT2D eigenvalue weighted by atomic mass is 10.2. The summed E-state index contributed by atoms with van der Waals surface area (Å²) in [7, 11) is 0. The summed E-state index contributed by atoms with van der Waals surface area (Å²) in [6.45, 7) is 3.10. The zero-order valence-electron chi connectivity index (χ0n) is 9.97. The predicted octanol–water partition coefficient (Wildman–Crippen LogP) is 1.54. The lowest BCUT2D eigenvalue weighted by Crippen LogP contribution is -2.13. The summed E-state index contributed by atoms with van der Waals surface area (Å²) < 4.78 is 4.91. The van der Waals surface area contributed by atoms with Gasteiger partial charge in [-0.3, -0.25) is 0 Å². The second-order valence-corrected chi connectivity index (χ2v) is 4.05. The van der Waals surface area contributed by atoms with E-state index < -0.39 is 0 Å². The van der Waals surface area contributed by atoms with Crippen molar-refractivity contribution >= 4 is 11.0 Å². The molecule has 0 bridgehead atoms. The number of nitrogens with one attached hydrogen (secondary N) is 2. The molecule has 3 rings (SSSR count). The maximum absolute atomic E-state index is 4.91. The van der Waals surface area contributed by atoms with E-state index in [9.17, 15) is 0 Å². The Kier molecular flexibility index (Phi) is 2.77. The summed E-state index contributed by atoms with van der Waals surface area (Å²) in [5, 5.41) is 8.24. The molecule has 0 saturated carbocycles. The zero-order valence-corrected chi connectivity index (χ0v) is 9.97. The van der Waals surface area contributed by atoms with Crippen molar-refractivity contribution in [3.05, 3.63) is 41.8 Å². The Morgan fingerprint density at radius 2 is 2.33 bits per heavy atom.